The number of thiophene rings is 1. The first-order valence-corrected chi connectivity index (χ1v) is 5.91. The third-order valence-electron chi connectivity index (χ3n) is 2.17. The first kappa shape index (κ1) is 11.5. The Balaban J connectivity index is 2.51. The van der Waals surface area contributed by atoms with Gasteiger partial charge < -0.3 is 5.32 Å². The molecule has 0 aliphatic carbocycles. The average Bonchev–Trinajstić information content (AvgIpc) is 2.62. The molecular weight excluding hydrogens is 190 g/mol. The lowest BCUT2D eigenvalue weighted by atomic mass is 10.2. The van der Waals surface area contributed by atoms with E-state index in [-0.39, 0.29) is 0 Å². The molecule has 1 atom stereocenters. The molecule has 1 nitrogen and oxygen atoms in total. The fraction of sp³-hybridized carbons (Fsp3) is 0.500. The van der Waals surface area contributed by atoms with Gasteiger partial charge in [0.15, 0.2) is 0 Å². The fourth-order valence-electron chi connectivity index (χ4n) is 1.25. The molecule has 0 amide bonds. The Kier molecular flexibility index (Phi) is 4.36. The molecule has 14 heavy (non-hydrogen) atoms. The molecule has 0 saturated heterocycles. The Hall–Kier alpha value is -0.600. The predicted molar refractivity (Wildman–Crippen MR) is 64.9 cm³/mol. The molecule has 0 radical (unpaired) electrons. The standard InChI is InChI=1S/C12H19NS/c1-5-11-6-7-12(14-11)10(4)13-8-9(2)3/h6-7,10,13H,2,5,8H2,1,3-4H3. The van der Waals surface area contributed by atoms with Gasteiger partial charge in [-0.2, -0.15) is 0 Å². The molecule has 0 aromatic carbocycles. The second kappa shape index (κ2) is 5.32. The highest BCUT2D eigenvalue weighted by Crippen LogP contribution is 2.23. The summed E-state index contributed by atoms with van der Waals surface area (Å²) in [6, 6.07) is 4.88. The smallest absolute Gasteiger partial charge is 0.0388 e. The van der Waals surface area contributed by atoms with E-state index in [1.807, 2.05) is 18.3 Å². The molecule has 0 spiro atoms. The molecule has 0 saturated carbocycles. The molecule has 1 unspecified atom stereocenters. The normalized spacial score (nSPS) is 12.8. The van der Waals surface area contributed by atoms with Crippen LogP contribution >= 0.6 is 11.3 Å². The SMILES string of the molecule is C=C(C)CNC(C)c1ccc(CC)s1. The highest BCUT2D eigenvalue weighted by atomic mass is 32.1. The predicted octanol–water partition coefficient (Wildman–Crippen LogP) is 3.54. The Morgan fingerprint density at radius 3 is 2.79 bits per heavy atom. The van der Waals surface area contributed by atoms with E-state index in [1.165, 1.54) is 15.3 Å². The van der Waals surface area contributed by atoms with Crippen LogP contribution in [0.3, 0.4) is 0 Å². The minimum absolute atomic E-state index is 0.442. The lowest BCUT2D eigenvalue weighted by molar-refractivity contribution is 0.617. The van der Waals surface area contributed by atoms with Gasteiger partial charge in [0.2, 0.25) is 0 Å². The van der Waals surface area contributed by atoms with Gasteiger partial charge in [0.05, 0.1) is 0 Å². The first-order valence-electron chi connectivity index (χ1n) is 5.09. The van der Waals surface area contributed by atoms with Crippen LogP contribution in [0.15, 0.2) is 24.3 Å². The third-order valence-corrected chi connectivity index (χ3v) is 3.58. The first-order chi connectivity index (χ1) is 6.63. The van der Waals surface area contributed by atoms with Crippen LogP contribution in [0.4, 0.5) is 0 Å². The van der Waals surface area contributed by atoms with Crippen LogP contribution in [-0.4, -0.2) is 6.54 Å². The lowest BCUT2D eigenvalue weighted by Crippen LogP contribution is -2.19. The summed E-state index contributed by atoms with van der Waals surface area (Å²) in [6.45, 7) is 11.2. The monoisotopic (exact) mass is 209 g/mol. The minimum Gasteiger partial charge on any atom is -0.306 e. The summed E-state index contributed by atoms with van der Waals surface area (Å²) >= 11 is 1.90. The lowest BCUT2D eigenvalue weighted by Gasteiger charge is -2.11. The van der Waals surface area contributed by atoms with Gasteiger partial charge in [-0.1, -0.05) is 19.1 Å². The van der Waals surface area contributed by atoms with Crippen molar-refractivity contribution in [2.24, 2.45) is 0 Å². The van der Waals surface area contributed by atoms with Crippen LogP contribution in [0.5, 0.6) is 0 Å². The maximum Gasteiger partial charge on any atom is 0.0388 e. The molecule has 1 heterocycles. The average molecular weight is 209 g/mol. The summed E-state index contributed by atoms with van der Waals surface area (Å²) in [5.74, 6) is 0. The number of rotatable bonds is 5. The number of nitrogens with one attached hydrogen (secondary N) is 1. The number of aryl methyl sites for hydroxylation is 1. The molecule has 78 valence electrons. The molecule has 0 bridgehead atoms. The van der Waals surface area contributed by atoms with Crippen molar-refractivity contribution in [2.75, 3.05) is 6.54 Å². The maximum atomic E-state index is 3.88. The molecule has 1 N–H and O–H groups in total. The second-order valence-electron chi connectivity index (χ2n) is 3.72. The van der Waals surface area contributed by atoms with Crippen molar-refractivity contribution >= 4 is 11.3 Å². The van der Waals surface area contributed by atoms with Crippen molar-refractivity contribution in [1.82, 2.24) is 5.32 Å². The molecule has 2 heteroatoms. The van der Waals surface area contributed by atoms with E-state index in [4.69, 9.17) is 0 Å². The number of hydrogen-bond donors (Lipinski definition) is 1. The van der Waals surface area contributed by atoms with E-state index in [2.05, 4.69) is 37.9 Å². The zero-order valence-corrected chi connectivity index (χ0v) is 10.1. The summed E-state index contributed by atoms with van der Waals surface area (Å²) in [7, 11) is 0. The molecule has 0 aliphatic heterocycles. The van der Waals surface area contributed by atoms with Crippen LogP contribution in [0.1, 0.15) is 36.6 Å². The van der Waals surface area contributed by atoms with E-state index in [1.54, 1.807) is 0 Å². The van der Waals surface area contributed by atoms with E-state index >= 15 is 0 Å². The Morgan fingerprint density at radius 2 is 2.29 bits per heavy atom. The second-order valence-corrected chi connectivity index (χ2v) is 4.92. The zero-order chi connectivity index (χ0) is 10.6. The zero-order valence-electron chi connectivity index (χ0n) is 9.26. The van der Waals surface area contributed by atoms with Gasteiger partial charge in [-0.15, -0.1) is 11.3 Å². The molecule has 1 aromatic rings. The van der Waals surface area contributed by atoms with Gasteiger partial charge >= 0.3 is 0 Å². The topological polar surface area (TPSA) is 12.0 Å². The van der Waals surface area contributed by atoms with Crippen molar-refractivity contribution in [1.29, 1.82) is 0 Å². The highest BCUT2D eigenvalue weighted by Gasteiger charge is 2.06. The quantitative estimate of drug-likeness (QED) is 0.731. The molecular formula is C12H19NS. The minimum atomic E-state index is 0.442. The molecule has 1 rings (SSSR count). The summed E-state index contributed by atoms with van der Waals surface area (Å²) in [4.78, 5) is 2.88. The summed E-state index contributed by atoms with van der Waals surface area (Å²) < 4.78 is 0. The van der Waals surface area contributed by atoms with E-state index in [9.17, 15) is 0 Å². The third kappa shape index (κ3) is 3.28. The van der Waals surface area contributed by atoms with Crippen molar-refractivity contribution < 1.29 is 0 Å². The van der Waals surface area contributed by atoms with Gasteiger partial charge in [-0.05, 0) is 32.4 Å². The van der Waals surface area contributed by atoms with E-state index in [0.717, 1.165) is 13.0 Å². The van der Waals surface area contributed by atoms with Crippen LogP contribution in [0.25, 0.3) is 0 Å². The van der Waals surface area contributed by atoms with Crippen LogP contribution < -0.4 is 5.32 Å². The van der Waals surface area contributed by atoms with Gasteiger partial charge in [-0.3, -0.25) is 0 Å². The highest BCUT2D eigenvalue weighted by molar-refractivity contribution is 7.12. The molecule has 0 aliphatic rings. The Labute approximate surface area is 90.9 Å². The van der Waals surface area contributed by atoms with Crippen LogP contribution in [0, 0.1) is 0 Å². The van der Waals surface area contributed by atoms with Crippen LogP contribution in [-0.2, 0) is 6.42 Å². The Morgan fingerprint density at radius 1 is 1.57 bits per heavy atom. The summed E-state index contributed by atoms with van der Waals surface area (Å²) in [5.41, 5.74) is 1.18. The van der Waals surface area contributed by atoms with Crippen molar-refractivity contribution in [2.45, 2.75) is 33.2 Å². The Bertz CT molecular complexity index is 301. The van der Waals surface area contributed by atoms with Crippen molar-refractivity contribution in [3.05, 3.63) is 34.0 Å². The van der Waals surface area contributed by atoms with Gasteiger partial charge in [0.1, 0.15) is 0 Å². The van der Waals surface area contributed by atoms with Gasteiger partial charge in [0, 0.05) is 22.3 Å². The molecule has 0 fully saturated rings. The van der Waals surface area contributed by atoms with Crippen LogP contribution in [0.2, 0.25) is 0 Å². The fourth-order valence-corrected chi connectivity index (χ4v) is 2.22. The van der Waals surface area contributed by atoms with Crippen molar-refractivity contribution in [3.63, 3.8) is 0 Å². The molecule has 1 aromatic heterocycles. The van der Waals surface area contributed by atoms with Crippen molar-refractivity contribution in [3.8, 4) is 0 Å². The summed E-state index contributed by atoms with van der Waals surface area (Å²) in [5, 5.41) is 3.45. The van der Waals surface area contributed by atoms with E-state index in [0.29, 0.717) is 6.04 Å². The largest absolute Gasteiger partial charge is 0.306 e. The summed E-state index contributed by atoms with van der Waals surface area (Å²) in [6.07, 6.45) is 1.14. The maximum absolute atomic E-state index is 3.88. The number of hydrogen-bond acceptors (Lipinski definition) is 2. The van der Waals surface area contributed by atoms with E-state index < -0.39 is 0 Å². The van der Waals surface area contributed by atoms with Gasteiger partial charge in [0.25, 0.3) is 0 Å². The van der Waals surface area contributed by atoms with Gasteiger partial charge in [-0.25, -0.2) is 0 Å².